The van der Waals surface area contributed by atoms with E-state index in [0.29, 0.717) is 28.4 Å². The summed E-state index contributed by atoms with van der Waals surface area (Å²) in [4.78, 5) is 11.8. The van der Waals surface area contributed by atoms with Gasteiger partial charge in [0.05, 0.1) is 0 Å². The van der Waals surface area contributed by atoms with Gasteiger partial charge in [-0.2, -0.15) is 0 Å². The van der Waals surface area contributed by atoms with E-state index in [-0.39, 0.29) is 0 Å². The third-order valence-corrected chi connectivity index (χ3v) is 5.41. The van der Waals surface area contributed by atoms with E-state index < -0.39 is 0 Å². The van der Waals surface area contributed by atoms with Crippen LogP contribution in [0.2, 0.25) is 0 Å². The van der Waals surface area contributed by atoms with Gasteiger partial charge in [-0.15, -0.1) is 0 Å². The lowest BCUT2D eigenvalue weighted by Crippen LogP contribution is -2.26. The molecule has 14 heavy (non-hydrogen) atoms. The van der Waals surface area contributed by atoms with Crippen molar-refractivity contribution in [2.75, 3.05) is 0 Å². The normalized spacial score (nSPS) is 44.3. The molecule has 3 unspecified atom stereocenters. The highest BCUT2D eigenvalue weighted by molar-refractivity contribution is 5.81. The molecule has 0 radical (unpaired) electrons. The maximum Gasteiger partial charge on any atom is 0.136 e. The SMILES string of the molecule is CCC(=O)C1CC2(C)CCC1C2(C)C. The van der Waals surface area contributed by atoms with Crippen molar-refractivity contribution in [1.29, 1.82) is 0 Å². The van der Waals surface area contributed by atoms with Crippen LogP contribution < -0.4 is 0 Å². The number of fused-ring (bicyclic) bond motifs is 2. The van der Waals surface area contributed by atoms with Crippen molar-refractivity contribution < 1.29 is 4.79 Å². The molecule has 0 aromatic rings. The molecular formula is C13H22O. The second-order valence-electron chi connectivity index (χ2n) is 6.06. The summed E-state index contributed by atoms with van der Waals surface area (Å²) < 4.78 is 0. The van der Waals surface area contributed by atoms with Crippen LogP contribution in [0.4, 0.5) is 0 Å². The highest BCUT2D eigenvalue weighted by Gasteiger charge is 2.61. The third kappa shape index (κ3) is 1.04. The Bertz CT molecular complexity index is 264. The van der Waals surface area contributed by atoms with E-state index in [4.69, 9.17) is 0 Å². The summed E-state index contributed by atoms with van der Waals surface area (Å²) in [6.07, 6.45) is 4.49. The van der Waals surface area contributed by atoms with Crippen LogP contribution in [0.5, 0.6) is 0 Å². The van der Waals surface area contributed by atoms with E-state index >= 15 is 0 Å². The van der Waals surface area contributed by atoms with Crippen LogP contribution in [0.25, 0.3) is 0 Å². The number of hydrogen-bond acceptors (Lipinski definition) is 1. The molecule has 0 saturated heterocycles. The number of carbonyl (C=O) groups is 1. The Labute approximate surface area is 87.3 Å². The zero-order chi connectivity index (χ0) is 10.6. The Kier molecular flexibility index (Phi) is 2.06. The first-order chi connectivity index (χ1) is 6.42. The fourth-order valence-electron chi connectivity index (χ4n) is 3.90. The molecule has 80 valence electrons. The fraction of sp³-hybridized carbons (Fsp3) is 0.923. The highest BCUT2D eigenvalue weighted by atomic mass is 16.1. The standard InChI is InChI=1S/C13H22O/c1-5-11(14)9-8-13(4)7-6-10(9)12(13,2)3/h9-10H,5-8H2,1-4H3. The Morgan fingerprint density at radius 1 is 1.36 bits per heavy atom. The molecule has 1 nitrogen and oxygen atoms in total. The van der Waals surface area contributed by atoms with Crippen molar-refractivity contribution in [3.63, 3.8) is 0 Å². The van der Waals surface area contributed by atoms with E-state index in [2.05, 4.69) is 20.8 Å². The average molecular weight is 194 g/mol. The van der Waals surface area contributed by atoms with Crippen molar-refractivity contribution in [2.24, 2.45) is 22.7 Å². The molecule has 0 amide bonds. The number of rotatable bonds is 2. The van der Waals surface area contributed by atoms with Crippen molar-refractivity contribution >= 4 is 5.78 Å². The fourth-order valence-corrected chi connectivity index (χ4v) is 3.90. The minimum absolute atomic E-state index is 0.383. The van der Waals surface area contributed by atoms with E-state index in [1.807, 2.05) is 6.92 Å². The van der Waals surface area contributed by atoms with Crippen molar-refractivity contribution in [3.05, 3.63) is 0 Å². The quantitative estimate of drug-likeness (QED) is 0.658. The van der Waals surface area contributed by atoms with E-state index in [1.54, 1.807) is 0 Å². The first-order valence-corrected chi connectivity index (χ1v) is 5.95. The lowest BCUT2D eigenvalue weighted by atomic mass is 9.71. The highest BCUT2D eigenvalue weighted by Crippen LogP contribution is 2.67. The van der Waals surface area contributed by atoms with Gasteiger partial charge in [0.1, 0.15) is 5.78 Å². The number of ketones is 1. The largest absolute Gasteiger partial charge is 0.299 e. The van der Waals surface area contributed by atoms with Gasteiger partial charge < -0.3 is 0 Å². The molecule has 0 N–H and O–H groups in total. The predicted octanol–water partition coefficient (Wildman–Crippen LogP) is 3.43. The summed E-state index contributed by atoms with van der Waals surface area (Å²) in [6, 6.07) is 0. The minimum Gasteiger partial charge on any atom is -0.299 e. The Morgan fingerprint density at radius 2 is 2.00 bits per heavy atom. The molecule has 2 bridgehead atoms. The van der Waals surface area contributed by atoms with Crippen LogP contribution in [0.15, 0.2) is 0 Å². The molecule has 2 rings (SSSR count). The summed E-state index contributed by atoms with van der Waals surface area (Å²) in [5.41, 5.74) is 0.829. The van der Waals surface area contributed by atoms with Crippen LogP contribution in [0, 0.1) is 22.7 Å². The molecule has 2 fully saturated rings. The molecule has 0 aromatic heterocycles. The summed E-state index contributed by atoms with van der Waals surface area (Å²) >= 11 is 0. The molecule has 0 heterocycles. The number of hydrogen-bond donors (Lipinski definition) is 0. The van der Waals surface area contributed by atoms with Gasteiger partial charge in [-0.25, -0.2) is 0 Å². The number of carbonyl (C=O) groups excluding carboxylic acids is 1. The zero-order valence-electron chi connectivity index (χ0n) is 9.89. The summed E-state index contributed by atoms with van der Waals surface area (Å²) in [5.74, 6) is 1.56. The third-order valence-electron chi connectivity index (χ3n) is 5.41. The van der Waals surface area contributed by atoms with Gasteiger partial charge >= 0.3 is 0 Å². The van der Waals surface area contributed by atoms with Gasteiger partial charge in [0, 0.05) is 12.3 Å². The number of Topliss-reactive ketones (excluding diaryl/α,β-unsaturated/α-hetero) is 1. The molecule has 1 heteroatoms. The van der Waals surface area contributed by atoms with Crippen LogP contribution in [0.3, 0.4) is 0 Å². The first kappa shape index (κ1) is 10.2. The Balaban J connectivity index is 2.27. The smallest absolute Gasteiger partial charge is 0.136 e. The van der Waals surface area contributed by atoms with Gasteiger partial charge in [-0.1, -0.05) is 27.7 Å². The topological polar surface area (TPSA) is 17.1 Å². The predicted molar refractivity (Wildman–Crippen MR) is 58.0 cm³/mol. The van der Waals surface area contributed by atoms with Gasteiger partial charge in [0.15, 0.2) is 0 Å². The van der Waals surface area contributed by atoms with Crippen LogP contribution in [-0.4, -0.2) is 5.78 Å². The lowest BCUT2D eigenvalue weighted by Gasteiger charge is -2.34. The van der Waals surface area contributed by atoms with E-state index in [1.165, 1.54) is 12.8 Å². The Morgan fingerprint density at radius 3 is 2.36 bits per heavy atom. The van der Waals surface area contributed by atoms with E-state index in [0.717, 1.165) is 12.8 Å². The summed E-state index contributed by atoms with van der Waals surface area (Å²) in [7, 11) is 0. The molecule has 2 aliphatic carbocycles. The molecular weight excluding hydrogens is 172 g/mol. The second-order valence-corrected chi connectivity index (χ2v) is 6.06. The molecule has 2 aliphatic rings. The monoisotopic (exact) mass is 194 g/mol. The van der Waals surface area contributed by atoms with Crippen molar-refractivity contribution in [1.82, 2.24) is 0 Å². The van der Waals surface area contributed by atoms with Crippen molar-refractivity contribution in [3.8, 4) is 0 Å². The molecule has 0 spiro atoms. The summed E-state index contributed by atoms with van der Waals surface area (Å²) in [5, 5.41) is 0. The van der Waals surface area contributed by atoms with Crippen LogP contribution in [0.1, 0.15) is 53.4 Å². The summed E-state index contributed by atoms with van der Waals surface area (Å²) in [6.45, 7) is 9.13. The average Bonchev–Trinajstić information content (AvgIpc) is 2.47. The first-order valence-electron chi connectivity index (χ1n) is 5.95. The maximum absolute atomic E-state index is 11.8. The van der Waals surface area contributed by atoms with Crippen LogP contribution in [-0.2, 0) is 4.79 Å². The van der Waals surface area contributed by atoms with Crippen LogP contribution >= 0.6 is 0 Å². The Hall–Kier alpha value is -0.330. The molecule has 2 saturated carbocycles. The molecule has 3 atom stereocenters. The van der Waals surface area contributed by atoms with Gasteiger partial charge in [0.2, 0.25) is 0 Å². The lowest BCUT2D eigenvalue weighted by molar-refractivity contribution is -0.124. The van der Waals surface area contributed by atoms with Gasteiger partial charge in [0.25, 0.3) is 0 Å². The van der Waals surface area contributed by atoms with Gasteiger partial charge in [-0.05, 0) is 36.0 Å². The van der Waals surface area contributed by atoms with E-state index in [9.17, 15) is 4.79 Å². The zero-order valence-corrected chi connectivity index (χ0v) is 9.89. The van der Waals surface area contributed by atoms with Crippen molar-refractivity contribution in [2.45, 2.75) is 53.4 Å². The minimum atomic E-state index is 0.383. The molecule has 0 aliphatic heterocycles. The second kappa shape index (κ2) is 2.84. The van der Waals surface area contributed by atoms with Gasteiger partial charge in [-0.3, -0.25) is 4.79 Å². The molecule has 0 aromatic carbocycles. The maximum atomic E-state index is 11.8.